The molecule has 1 aromatic heterocycles. The molecule has 1 N–H and O–H groups in total. The van der Waals surface area contributed by atoms with Gasteiger partial charge >= 0.3 is 0 Å². The van der Waals surface area contributed by atoms with Crippen LogP contribution in [0.3, 0.4) is 0 Å². The Morgan fingerprint density at radius 2 is 1.88 bits per heavy atom. The fourth-order valence-corrected chi connectivity index (χ4v) is 4.11. The maximum Gasteiger partial charge on any atom is 0.246 e. The summed E-state index contributed by atoms with van der Waals surface area (Å²) in [4.78, 5) is 31.4. The summed E-state index contributed by atoms with van der Waals surface area (Å²) in [5, 5.41) is 2.93. The molecule has 178 valence electrons. The van der Waals surface area contributed by atoms with E-state index in [0.29, 0.717) is 25.0 Å². The van der Waals surface area contributed by atoms with Crippen molar-refractivity contribution in [1.82, 2.24) is 14.5 Å². The average molecular weight is 461 g/mol. The van der Waals surface area contributed by atoms with Crippen LogP contribution in [0, 0.1) is 0 Å². The number of imidazole rings is 1. The van der Waals surface area contributed by atoms with Crippen molar-refractivity contribution < 1.29 is 14.3 Å². The zero-order chi connectivity index (χ0) is 24.1. The van der Waals surface area contributed by atoms with E-state index in [1.165, 1.54) is 17.4 Å². The summed E-state index contributed by atoms with van der Waals surface area (Å²) < 4.78 is 7.52. The molecule has 4 rings (SSSR count). The van der Waals surface area contributed by atoms with Crippen molar-refractivity contribution in [1.29, 1.82) is 0 Å². The van der Waals surface area contributed by atoms with E-state index in [-0.39, 0.29) is 24.5 Å². The van der Waals surface area contributed by atoms with Crippen LogP contribution >= 0.6 is 0 Å². The van der Waals surface area contributed by atoms with Crippen LogP contribution in [-0.4, -0.2) is 52.1 Å². The number of hydrogen-bond donors (Lipinski definition) is 1. The molecule has 2 aromatic carbocycles. The van der Waals surface area contributed by atoms with Crippen LogP contribution in [-0.2, 0) is 14.3 Å². The number of nitrogens with zero attached hydrogens (tertiary/aromatic N) is 3. The summed E-state index contributed by atoms with van der Waals surface area (Å²) in [7, 11) is 0. The second-order valence-electron chi connectivity index (χ2n) is 9.01. The van der Waals surface area contributed by atoms with Gasteiger partial charge in [-0.1, -0.05) is 56.3 Å². The molecular weight excluding hydrogens is 428 g/mol. The number of aromatic nitrogens is 2. The van der Waals surface area contributed by atoms with Gasteiger partial charge in [0.25, 0.3) is 0 Å². The lowest BCUT2D eigenvalue weighted by Crippen LogP contribution is -2.41. The first kappa shape index (κ1) is 23.7. The smallest absolute Gasteiger partial charge is 0.246 e. The van der Waals surface area contributed by atoms with Crippen molar-refractivity contribution in [2.24, 2.45) is 0 Å². The minimum Gasteiger partial charge on any atom is -0.376 e. The van der Waals surface area contributed by atoms with Crippen LogP contribution in [0.1, 0.15) is 45.1 Å². The Morgan fingerprint density at radius 3 is 2.50 bits per heavy atom. The van der Waals surface area contributed by atoms with Crippen LogP contribution in [0.4, 0.5) is 5.95 Å². The number of carbonyl (C=O) groups excluding carboxylic acids is 2. The first-order valence-corrected chi connectivity index (χ1v) is 11.8. The molecule has 7 nitrogen and oxygen atoms in total. The van der Waals surface area contributed by atoms with Crippen molar-refractivity contribution in [2.45, 2.75) is 45.6 Å². The Morgan fingerprint density at radius 1 is 1.15 bits per heavy atom. The number of amides is 2. The summed E-state index contributed by atoms with van der Waals surface area (Å²) in [6.07, 6.45) is 3.80. The third kappa shape index (κ3) is 5.72. The van der Waals surface area contributed by atoms with E-state index in [1.807, 2.05) is 53.2 Å². The molecule has 0 bridgehead atoms. The van der Waals surface area contributed by atoms with Gasteiger partial charge in [-0.3, -0.25) is 19.5 Å². The van der Waals surface area contributed by atoms with Crippen LogP contribution < -0.4 is 5.32 Å². The molecule has 0 spiro atoms. The zero-order valence-corrected chi connectivity index (χ0v) is 20.0. The summed E-state index contributed by atoms with van der Waals surface area (Å²) >= 11 is 0. The summed E-state index contributed by atoms with van der Waals surface area (Å²) in [5.41, 5.74) is 3.85. The molecule has 2 heterocycles. The van der Waals surface area contributed by atoms with Gasteiger partial charge in [-0.25, -0.2) is 4.98 Å². The standard InChI is InChI=1S/C27H32N4O3/c1-19(2)21-11-13-23(14-12-21)31-17-25(22-8-5-4-6-9-22)28-27(31)29-26(33)18-30(20(3)32)16-24-10-7-15-34-24/h4-6,8-9,11-14,17,19,24H,7,10,15-16,18H2,1-3H3,(H,28,29,33). The Balaban J connectivity index is 1.58. The second kappa shape index (κ2) is 10.7. The largest absolute Gasteiger partial charge is 0.376 e. The monoisotopic (exact) mass is 460 g/mol. The first-order valence-electron chi connectivity index (χ1n) is 11.8. The van der Waals surface area contributed by atoms with E-state index in [4.69, 9.17) is 9.72 Å². The summed E-state index contributed by atoms with van der Waals surface area (Å²) in [6, 6.07) is 18.1. The number of hydrogen-bond acceptors (Lipinski definition) is 4. The lowest BCUT2D eigenvalue weighted by atomic mass is 10.0. The molecule has 0 saturated carbocycles. The van der Waals surface area contributed by atoms with E-state index in [0.717, 1.165) is 29.8 Å². The fourth-order valence-electron chi connectivity index (χ4n) is 4.11. The molecule has 0 radical (unpaired) electrons. The van der Waals surface area contributed by atoms with E-state index in [1.54, 1.807) is 0 Å². The van der Waals surface area contributed by atoms with Gasteiger partial charge < -0.3 is 9.64 Å². The van der Waals surface area contributed by atoms with Crippen molar-refractivity contribution in [3.63, 3.8) is 0 Å². The van der Waals surface area contributed by atoms with Crippen molar-refractivity contribution in [2.75, 3.05) is 25.0 Å². The highest BCUT2D eigenvalue weighted by molar-refractivity contribution is 5.93. The molecule has 2 amide bonds. The molecular formula is C27H32N4O3. The van der Waals surface area contributed by atoms with Gasteiger partial charge in [-0.2, -0.15) is 0 Å². The fraction of sp³-hybridized carbons (Fsp3) is 0.370. The number of rotatable bonds is 8. The molecule has 1 aliphatic rings. The predicted octanol–water partition coefficient (Wildman–Crippen LogP) is 4.63. The number of benzene rings is 2. The van der Waals surface area contributed by atoms with E-state index >= 15 is 0 Å². The van der Waals surface area contributed by atoms with Crippen molar-refractivity contribution >= 4 is 17.8 Å². The van der Waals surface area contributed by atoms with E-state index in [9.17, 15) is 9.59 Å². The molecule has 34 heavy (non-hydrogen) atoms. The van der Waals surface area contributed by atoms with E-state index in [2.05, 4.69) is 31.3 Å². The lowest BCUT2D eigenvalue weighted by molar-refractivity contribution is -0.134. The van der Waals surface area contributed by atoms with Crippen molar-refractivity contribution in [3.8, 4) is 16.9 Å². The topological polar surface area (TPSA) is 76.5 Å². The molecule has 3 aromatic rings. The van der Waals surface area contributed by atoms with Crippen LogP contribution in [0.5, 0.6) is 0 Å². The minimum absolute atomic E-state index is 0.0113. The summed E-state index contributed by atoms with van der Waals surface area (Å²) in [6.45, 7) is 6.87. The van der Waals surface area contributed by atoms with Crippen molar-refractivity contribution in [3.05, 3.63) is 66.4 Å². The molecule has 1 fully saturated rings. The van der Waals surface area contributed by atoms with Gasteiger partial charge in [0.05, 0.1) is 11.8 Å². The number of ether oxygens (including phenoxy) is 1. The number of anilines is 1. The number of carbonyl (C=O) groups is 2. The Labute approximate surface area is 200 Å². The maximum absolute atomic E-state index is 13.0. The normalized spacial score (nSPS) is 15.5. The Kier molecular flexibility index (Phi) is 7.43. The minimum atomic E-state index is -0.293. The van der Waals surface area contributed by atoms with Gasteiger partial charge in [0.2, 0.25) is 17.8 Å². The molecule has 1 saturated heterocycles. The molecule has 1 atom stereocenters. The molecule has 7 heteroatoms. The third-order valence-electron chi connectivity index (χ3n) is 6.09. The Hall–Kier alpha value is -3.45. The predicted molar refractivity (Wildman–Crippen MR) is 133 cm³/mol. The Bertz CT molecular complexity index is 1120. The maximum atomic E-state index is 13.0. The quantitative estimate of drug-likeness (QED) is 0.532. The highest BCUT2D eigenvalue weighted by atomic mass is 16.5. The zero-order valence-electron chi connectivity index (χ0n) is 20.0. The second-order valence-corrected chi connectivity index (χ2v) is 9.01. The van der Waals surface area contributed by atoms with Crippen LogP contribution in [0.25, 0.3) is 16.9 Å². The van der Waals surface area contributed by atoms with Crippen LogP contribution in [0.15, 0.2) is 60.8 Å². The molecule has 1 unspecified atom stereocenters. The molecule has 0 aliphatic carbocycles. The van der Waals surface area contributed by atoms with Gasteiger partial charge in [-0.05, 0) is 36.5 Å². The average Bonchev–Trinajstić information content (AvgIpc) is 3.49. The van der Waals surface area contributed by atoms with Gasteiger partial charge in [-0.15, -0.1) is 0 Å². The summed E-state index contributed by atoms with van der Waals surface area (Å²) in [5.74, 6) is 0.403. The van der Waals surface area contributed by atoms with Gasteiger partial charge in [0.15, 0.2) is 0 Å². The number of nitrogens with one attached hydrogen (secondary N) is 1. The highest BCUT2D eigenvalue weighted by Crippen LogP contribution is 2.25. The lowest BCUT2D eigenvalue weighted by Gasteiger charge is -2.23. The van der Waals surface area contributed by atoms with E-state index < -0.39 is 0 Å². The van der Waals surface area contributed by atoms with Gasteiger partial charge in [0.1, 0.15) is 6.54 Å². The first-order chi connectivity index (χ1) is 16.4. The highest BCUT2D eigenvalue weighted by Gasteiger charge is 2.23. The van der Waals surface area contributed by atoms with Gasteiger partial charge in [0, 0.05) is 37.5 Å². The van der Waals surface area contributed by atoms with Crippen LogP contribution in [0.2, 0.25) is 0 Å². The third-order valence-corrected chi connectivity index (χ3v) is 6.09. The SMILES string of the molecule is CC(=O)N(CC(=O)Nc1nc(-c2ccccc2)cn1-c1ccc(C(C)C)cc1)CC1CCCO1. The molecule has 1 aliphatic heterocycles.